The number of aliphatic hydroxyl groups is 1. The Labute approximate surface area is 84.4 Å². The average Bonchev–Trinajstić information content (AvgIpc) is 2.17. The van der Waals surface area contributed by atoms with Gasteiger partial charge in [0.05, 0.1) is 0 Å². The van der Waals surface area contributed by atoms with Crippen molar-refractivity contribution >= 4 is 11.6 Å². The summed E-state index contributed by atoms with van der Waals surface area (Å²) < 4.78 is 0. The fourth-order valence-electron chi connectivity index (χ4n) is 1.29. The quantitative estimate of drug-likeness (QED) is 0.789. The molecule has 2 heteroatoms. The highest BCUT2D eigenvalue weighted by atomic mass is 35.5. The van der Waals surface area contributed by atoms with E-state index in [9.17, 15) is 0 Å². The maximum absolute atomic E-state index is 9.02. The summed E-state index contributed by atoms with van der Waals surface area (Å²) in [4.78, 5) is 0. The third kappa shape index (κ3) is 3.37. The van der Waals surface area contributed by atoms with Crippen LogP contribution in [0.1, 0.15) is 18.9 Å². The molecular formula is C11H15ClO. The van der Waals surface area contributed by atoms with E-state index in [2.05, 4.69) is 6.92 Å². The summed E-state index contributed by atoms with van der Waals surface area (Å²) in [6.45, 7) is 2.36. The first-order valence-electron chi connectivity index (χ1n) is 4.61. The normalized spacial score (nSPS) is 12.8. The summed E-state index contributed by atoms with van der Waals surface area (Å²) in [5.74, 6) is 0.376. The van der Waals surface area contributed by atoms with Crippen molar-refractivity contribution in [2.24, 2.45) is 5.92 Å². The molecule has 1 N–H and O–H groups in total. The van der Waals surface area contributed by atoms with E-state index in [4.69, 9.17) is 16.7 Å². The lowest BCUT2D eigenvalue weighted by atomic mass is 9.98. The number of hydrogen-bond acceptors (Lipinski definition) is 1. The molecule has 1 aromatic rings. The monoisotopic (exact) mass is 198 g/mol. The highest BCUT2D eigenvalue weighted by Crippen LogP contribution is 2.14. The Morgan fingerprint density at radius 1 is 1.31 bits per heavy atom. The van der Waals surface area contributed by atoms with Crippen LogP contribution >= 0.6 is 11.6 Å². The third-order valence-corrected chi connectivity index (χ3v) is 2.53. The van der Waals surface area contributed by atoms with E-state index in [0.717, 1.165) is 17.9 Å². The number of hydrogen-bond donors (Lipinski definition) is 1. The number of halogens is 1. The Morgan fingerprint density at radius 3 is 2.38 bits per heavy atom. The Hall–Kier alpha value is -0.530. The summed E-state index contributed by atoms with van der Waals surface area (Å²) >= 11 is 5.77. The van der Waals surface area contributed by atoms with Crippen LogP contribution in [0.5, 0.6) is 0 Å². The molecule has 0 amide bonds. The highest BCUT2D eigenvalue weighted by Gasteiger charge is 2.05. The van der Waals surface area contributed by atoms with E-state index in [-0.39, 0.29) is 6.61 Å². The van der Waals surface area contributed by atoms with Gasteiger partial charge in [-0.15, -0.1) is 0 Å². The summed E-state index contributed by atoms with van der Waals surface area (Å²) in [6, 6.07) is 7.81. The van der Waals surface area contributed by atoms with Gasteiger partial charge in [-0.3, -0.25) is 0 Å². The van der Waals surface area contributed by atoms with E-state index in [0.29, 0.717) is 5.92 Å². The van der Waals surface area contributed by atoms with Crippen LogP contribution in [-0.2, 0) is 6.42 Å². The van der Waals surface area contributed by atoms with Gasteiger partial charge < -0.3 is 5.11 Å². The van der Waals surface area contributed by atoms with Gasteiger partial charge in [-0.05, 0) is 30.0 Å². The second kappa shape index (κ2) is 5.25. The molecule has 0 aliphatic carbocycles. The molecule has 0 radical (unpaired) electrons. The lowest BCUT2D eigenvalue weighted by Crippen LogP contribution is -2.07. The SMILES string of the molecule is CCC(CO)Cc1ccc(Cl)cc1. The number of benzene rings is 1. The molecule has 0 fully saturated rings. The minimum atomic E-state index is 0.263. The second-order valence-electron chi connectivity index (χ2n) is 3.29. The van der Waals surface area contributed by atoms with E-state index in [1.54, 1.807) is 0 Å². The lowest BCUT2D eigenvalue weighted by Gasteiger charge is -2.10. The molecular weight excluding hydrogens is 184 g/mol. The minimum Gasteiger partial charge on any atom is -0.396 e. The van der Waals surface area contributed by atoms with Crippen LogP contribution in [0.25, 0.3) is 0 Å². The second-order valence-corrected chi connectivity index (χ2v) is 3.72. The van der Waals surface area contributed by atoms with Gasteiger partial charge in [-0.25, -0.2) is 0 Å². The molecule has 1 nitrogen and oxygen atoms in total. The number of aliphatic hydroxyl groups excluding tert-OH is 1. The molecule has 0 saturated carbocycles. The minimum absolute atomic E-state index is 0.263. The largest absolute Gasteiger partial charge is 0.396 e. The predicted molar refractivity (Wildman–Crippen MR) is 56.0 cm³/mol. The zero-order valence-electron chi connectivity index (χ0n) is 7.83. The van der Waals surface area contributed by atoms with Crippen LogP contribution in [-0.4, -0.2) is 11.7 Å². The van der Waals surface area contributed by atoms with Crippen LogP contribution in [0, 0.1) is 5.92 Å². The third-order valence-electron chi connectivity index (χ3n) is 2.27. The molecule has 0 spiro atoms. The molecule has 0 aromatic heterocycles. The van der Waals surface area contributed by atoms with Gasteiger partial charge in [0.2, 0.25) is 0 Å². The van der Waals surface area contributed by atoms with Gasteiger partial charge in [0.25, 0.3) is 0 Å². The topological polar surface area (TPSA) is 20.2 Å². The molecule has 72 valence electrons. The molecule has 1 aromatic carbocycles. The first-order chi connectivity index (χ1) is 6.26. The predicted octanol–water partition coefficient (Wildman–Crippen LogP) is 2.90. The van der Waals surface area contributed by atoms with Crippen molar-refractivity contribution in [1.29, 1.82) is 0 Å². The fourth-order valence-corrected chi connectivity index (χ4v) is 1.42. The molecule has 1 rings (SSSR count). The van der Waals surface area contributed by atoms with Gasteiger partial charge in [-0.2, -0.15) is 0 Å². The van der Waals surface area contributed by atoms with Crippen LogP contribution in [0.3, 0.4) is 0 Å². The molecule has 0 aliphatic rings. The van der Waals surface area contributed by atoms with Crippen molar-refractivity contribution in [2.45, 2.75) is 19.8 Å². The van der Waals surface area contributed by atoms with E-state index < -0.39 is 0 Å². The summed E-state index contributed by atoms with van der Waals surface area (Å²) in [5.41, 5.74) is 1.24. The molecule has 1 unspecified atom stereocenters. The van der Waals surface area contributed by atoms with Gasteiger partial charge in [0, 0.05) is 11.6 Å². The Kier molecular flexibility index (Phi) is 4.26. The molecule has 0 bridgehead atoms. The Bertz CT molecular complexity index is 239. The van der Waals surface area contributed by atoms with E-state index in [1.807, 2.05) is 24.3 Å². The standard InChI is InChI=1S/C11H15ClO/c1-2-9(8-13)7-10-3-5-11(12)6-4-10/h3-6,9,13H,2,7-8H2,1H3. The Morgan fingerprint density at radius 2 is 1.92 bits per heavy atom. The van der Waals surface area contributed by atoms with Gasteiger partial charge >= 0.3 is 0 Å². The van der Waals surface area contributed by atoms with Crippen molar-refractivity contribution in [3.8, 4) is 0 Å². The molecule has 0 aliphatic heterocycles. The average molecular weight is 199 g/mol. The molecule has 13 heavy (non-hydrogen) atoms. The van der Waals surface area contributed by atoms with Crippen molar-refractivity contribution in [1.82, 2.24) is 0 Å². The van der Waals surface area contributed by atoms with Crippen LogP contribution in [0.2, 0.25) is 5.02 Å². The van der Waals surface area contributed by atoms with E-state index >= 15 is 0 Å². The van der Waals surface area contributed by atoms with Crippen LogP contribution in [0.4, 0.5) is 0 Å². The summed E-state index contributed by atoms with van der Waals surface area (Å²) in [5, 5.41) is 9.78. The van der Waals surface area contributed by atoms with Gasteiger partial charge in [0.1, 0.15) is 0 Å². The van der Waals surface area contributed by atoms with Crippen molar-refractivity contribution in [2.75, 3.05) is 6.61 Å². The first kappa shape index (κ1) is 10.6. The lowest BCUT2D eigenvalue weighted by molar-refractivity contribution is 0.222. The summed E-state index contributed by atoms with van der Waals surface area (Å²) in [6.07, 6.45) is 1.95. The smallest absolute Gasteiger partial charge is 0.0462 e. The van der Waals surface area contributed by atoms with E-state index in [1.165, 1.54) is 5.56 Å². The molecule has 1 atom stereocenters. The van der Waals surface area contributed by atoms with Crippen molar-refractivity contribution in [3.63, 3.8) is 0 Å². The van der Waals surface area contributed by atoms with Gasteiger partial charge in [-0.1, -0.05) is 37.1 Å². The zero-order chi connectivity index (χ0) is 9.68. The molecule has 0 saturated heterocycles. The zero-order valence-corrected chi connectivity index (χ0v) is 8.59. The van der Waals surface area contributed by atoms with Crippen LogP contribution < -0.4 is 0 Å². The first-order valence-corrected chi connectivity index (χ1v) is 4.99. The fraction of sp³-hybridized carbons (Fsp3) is 0.455. The van der Waals surface area contributed by atoms with Crippen molar-refractivity contribution in [3.05, 3.63) is 34.9 Å². The Balaban J connectivity index is 2.58. The van der Waals surface area contributed by atoms with Crippen LogP contribution in [0.15, 0.2) is 24.3 Å². The molecule has 0 heterocycles. The maximum atomic E-state index is 9.02. The number of rotatable bonds is 4. The maximum Gasteiger partial charge on any atom is 0.0462 e. The summed E-state index contributed by atoms with van der Waals surface area (Å²) in [7, 11) is 0. The highest BCUT2D eigenvalue weighted by molar-refractivity contribution is 6.30. The van der Waals surface area contributed by atoms with Crippen molar-refractivity contribution < 1.29 is 5.11 Å². The van der Waals surface area contributed by atoms with Gasteiger partial charge in [0.15, 0.2) is 0 Å².